The fraction of sp³-hybridized carbons (Fsp3) is 0.192. The Kier molecular flexibility index (Phi) is 6.51. The van der Waals surface area contributed by atoms with Crippen molar-refractivity contribution in [2.45, 2.75) is 13.8 Å². The van der Waals surface area contributed by atoms with Gasteiger partial charge in [0.25, 0.3) is 5.91 Å². The van der Waals surface area contributed by atoms with Crippen molar-refractivity contribution < 1.29 is 23.8 Å². The Morgan fingerprint density at radius 2 is 1.74 bits per heavy atom. The molecule has 0 atom stereocenters. The average Bonchev–Trinajstić information content (AvgIpc) is 3.14. The van der Waals surface area contributed by atoms with Crippen LogP contribution in [0.3, 0.4) is 0 Å². The summed E-state index contributed by atoms with van der Waals surface area (Å²) in [5.41, 5.74) is 3.55. The number of esters is 1. The highest BCUT2D eigenvalue weighted by Gasteiger charge is 2.23. The smallest absolute Gasteiger partial charge is 0.341 e. The third-order valence-electron chi connectivity index (χ3n) is 5.65. The van der Waals surface area contributed by atoms with Gasteiger partial charge >= 0.3 is 5.97 Å². The molecule has 4 rings (SSSR count). The molecule has 2 aromatic carbocycles. The molecule has 0 saturated carbocycles. The van der Waals surface area contributed by atoms with Gasteiger partial charge in [0, 0.05) is 21.9 Å². The Hall–Kier alpha value is -3.91. The van der Waals surface area contributed by atoms with Crippen LogP contribution in [0.1, 0.15) is 31.2 Å². The normalized spacial score (nSPS) is 10.7. The van der Waals surface area contributed by atoms with E-state index >= 15 is 0 Å². The lowest BCUT2D eigenvalue weighted by atomic mass is 10.0. The summed E-state index contributed by atoms with van der Waals surface area (Å²) in [5, 5.41) is 4.07. The third-order valence-corrected chi connectivity index (χ3v) is 6.77. The first kappa shape index (κ1) is 23.3. The molecule has 1 N–H and O–H groups in total. The van der Waals surface area contributed by atoms with E-state index in [-0.39, 0.29) is 5.91 Å². The van der Waals surface area contributed by atoms with Crippen LogP contribution in [-0.2, 0) is 4.74 Å². The van der Waals surface area contributed by atoms with Crippen molar-refractivity contribution in [2.75, 3.05) is 26.6 Å². The molecule has 4 aromatic rings. The number of para-hydroxylation sites is 1. The average molecular weight is 477 g/mol. The number of rotatable bonds is 6. The summed E-state index contributed by atoms with van der Waals surface area (Å²) >= 11 is 1.34. The number of thiophene rings is 1. The Morgan fingerprint density at radius 3 is 2.44 bits per heavy atom. The number of amides is 1. The van der Waals surface area contributed by atoms with Gasteiger partial charge in [0.15, 0.2) is 0 Å². The summed E-state index contributed by atoms with van der Waals surface area (Å²) in [6.45, 7) is 3.74. The fourth-order valence-electron chi connectivity index (χ4n) is 3.74. The molecule has 0 bridgehead atoms. The van der Waals surface area contributed by atoms with Crippen LogP contribution in [0.15, 0.2) is 48.5 Å². The lowest BCUT2D eigenvalue weighted by Gasteiger charge is -2.13. The van der Waals surface area contributed by atoms with Gasteiger partial charge in [0.2, 0.25) is 0 Å². The maximum atomic E-state index is 13.5. The minimum Gasteiger partial charge on any atom is -0.497 e. The molecule has 7 nitrogen and oxygen atoms in total. The first-order valence-corrected chi connectivity index (χ1v) is 11.3. The molecule has 0 aliphatic rings. The number of nitrogens with zero attached hydrogens (tertiary/aromatic N) is 1. The van der Waals surface area contributed by atoms with Gasteiger partial charge in [-0.1, -0.05) is 18.2 Å². The largest absolute Gasteiger partial charge is 0.497 e. The third kappa shape index (κ3) is 4.20. The lowest BCUT2D eigenvalue weighted by Crippen LogP contribution is -2.15. The number of ether oxygens (including phenoxy) is 3. The second kappa shape index (κ2) is 9.52. The number of hydrogen-bond donors (Lipinski definition) is 1. The highest BCUT2D eigenvalue weighted by molar-refractivity contribution is 7.16. The predicted molar refractivity (Wildman–Crippen MR) is 133 cm³/mol. The summed E-state index contributed by atoms with van der Waals surface area (Å²) in [6.07, 6.45) is 0. The van der Waals surface area contributed by atoms with Crippen molar-refractivity contribution in [1.82, 2.24) is 4.98 Å². The highest BCUT2D eigenvalue weighted by atomic mass is 32.1. The number of nitrogens with one attached hydrogen (secondary N) is 1. The summed E-state index contributed by atoms with van der Waals surface area (Å²) in [4.78, 5) is 31.6. The van der Waals surface area contributed by atoms with Gasteiger partial charge in [0.05, 0.1) is 43.7 Å². The highest BCUT2D eigenvalue weighted by Crippen LogP contribution is 2.36. The number of anilines is 1. The second-order valence-corrected chi connectivity index (χ2v) is 8.80. The Morgan fingerprint density at radius 1 is 0.971 bits per heavy atom. The molecule has 0 fully saturated rings. The van der Waals surface area contributed by atoms with Gasteiger partial charge in [-0.3, -0.25) is 4.79 Å². The zero-order chi connectivity index (χ0) is 24.4. The van der Waals surface area contributed by atoms with Crippen LogP contribution in [0.2, 0.25) is 0 Å². The molecular weight excluding hydrogens is 452 g/mol. The van der Waals surface area contributed by atoms with Gasteiger partial charge in [-0.05, 0) is 43.7 Å². The van der Waals surface area contributed by atoms with Crippen LogP contribution in [-0.4, -0.2) is 38.2 Å². The van der Waals surface area contributed by atoms with Crippen molar-refractivity contribution in [2.24, 2.45) is 0 Å². The van der Waals surface area contributed by atoms with Gasteiger partial charge in [-0.25, -0.2) is 9.78 Å². The molecule has 174 valence electrons. The maximum absolute atomic E-state index is 13.5. The van der Waals surface area contributed by atoms with Crippen LogP contribution >= 0.6 is 11.3 Å². The van der Waals surface area contributed by atoms with Crippen LogP contribution in [0.4, 0.5) is 5.00 Å². The van der Waals surface area contributed by atoms with Gasteiger partial charge in [-0.2, -0.15) is 0 Å². The van der Waals surface area contributed by atoms with Crippen molar-refractivity contribution in [3.63, 3.8) is 0 Å². The van der Waals surface area contributed by atoms with Crippen LogP contribution < -0.4 is 14.8 Å². The second-order valence-electron chi connectivity index (χ2n) is 7.57. The number of hydrogen-bond acceptors (Lipinski definition) is 7. The molecule has 0 saturated heterocycles. The van der Waals surface area contributed by atoms with E-state index in [1.165, 1.54) is 18.4 Å². The number of carbonyl (C=O) groups is 2. The standard InChI is InChI=1S/C26H24N2O5S/c1-14-15(2)34-25(23(14)26(30)33-5)28-24(29)19-13-21(27-20-9-7-6-8-17(19)20)18-11-10-16(31-3)12-22(18)32-4/h6-13H,1-5H3,(H,28,29). The van der Waals surface area contributed by atoms with Crippen molar-refractivity contribution in [1.29, 1.82) is 0 Å². The lowest BCUT2D eigenvalue weighted by molar-refractivity contribution is 0.0601. The van der Waals surface area contributed by atoms with E-state index in [9.17, 15) is 9.59 Å². The molecule has 2 heterocycles. The Balaban J connectivity index is 1.84. The van der Waals surface area contributed by atoms with Gasteiger partial charge in [-0.15, -0.1) is 11.3 Å². The Labute approximate surface area is 201 Å². The van der Waals surface area contributed by atoms with Crippen molar-refractivity contribution in [3.05, 3.63) is 70.1 Å². The van der Waals surface area contributed by atoms with E-state index in [4.69, 9.17) is 19.2 Å². The molecule has 0 spiro atoms. The number of carbonyl (C=O) groups excluding carboxylic acids is 2. The van der Waals surface area contributed by atoms with E-state index in [0.29, 0.717) is 44.2 Å². The van der Waals surface area contributed by atoms with E-state index in [2.05, 4.69) is 5.32 Å². The van der Waals surface area contributed by atoms with Crippen molar-refractivity contribution >= 4 is 39.1 Å². The van der Waals surface area contributed by atoms with E-state index < -0.39 is 5.97 Å². The van der Waals surface area contributed by atoms with Crippen molar-refractivity contribution in [3.8, 4) is 22.8 Å². The first-order valence-electron chi connectivity index (χ1n) is 10.5. The number of fused-ring (bicyclic) bond motifs is 1. The van der Waals surface area contributed by atoms with E-state index in [1.807, 2.05) is 50.2 Å². The minimum absolute atomic E-state index is 0.348. The molecule has 2 aromatic heterocycles. The SMILES string of the molecule is COC(=O)c1c(NC(=O)c2cc(-c3ccc(OC)cc3OC)nc3ccccc23)sc(C)c1C. The van der Waals surface area contributed by atoms with Crippen LogP contribution in [0, 0.1) is 13.8 Å². The number of benzene rings is 2. The predicted octanol–water partition coefficient (Wildman–Crippen LogP) is 5.64. The molecule has 0 aliphatic carbocycles. The zero-order valence-corrected chi connectivity index (χ0v) is 20.3. The molecule has 0 aliphatic heterocycles. The maximum Gasteiger partial charge on any atom is 0.341 e. The molecule has 34 heavy (non-hydrogen) atoms. The van der Waals surface area contributed by atoms with E-state index in [1.54, 1.807) is 26.4 Å². The molecular formula is C26H24N2O5S. The molecule has 0 radical (unpaired) electrons. The number of aromatic nitrogens is 1. The summed E-state index contributed by atoms with van der Waals surface area (Å²) in [6, 6.07) is 14.6. The van der Waals surface area contributed by atoms with Crippen LogP contribution in [0.25, 0.3) is 22.2 Å². The molecule has 8 heteroatoms. The van der Waals surface area contributed by atoms with Gasteiger partial charge < -0.3 is 19.5 Å². The topological polar surface area (TPSA) is 86.8 Å². The summed E-state index contributed by atoms with van der Waals surface area (Å²) in [7, 11) is 4.48. The Bertz CT molecular complexity index is 1410. The van der Waals surface area contributed by atoms with Gasteiger partial charge in [0.1, 0.15) is 16.5 Å². The molecule has 0 unspecified atom stereocenters. The summed E-state index contributed by atoms with van der Waals surface area (Å²) in [5.74, 6) is 0.392. The monoisotopic (exact) mass is 476 g/mol. The first-order chi connectivity index (χ1) is 16.4. The quantitative estimate of drug-likeness (QED) is 0.363. The minimum atomic E-state index is -0.486. The summed E-state index contributed by atoms with van der Waals surface area (Å²) < 4.78 is 15.8. The molecule has 1 amide bonds. The zero-order valence-electron chi connectivity index (χ0n) is 19.5. The van der Waals surface area contributed by atoms with E-state index in [0.717, 1.165) is 16.0 Å². The number of aryl methyl sites for hydroxylation is 1. The number of pyridine rings is 1. The fourth-order valence-corrected chi connectivity index (χ4v) is 4.79. The van der Waals surface area contributed by atoms with Crippen LogP contribution in [0.5, 0.6) is 11.5 Å². The number of methoxy groups -OCH3 is 3.